The van der Waals surface area contributed by atoms with Crippen LogP contribution in [-0.2, 0) is 28.0 Å². The second-order valence-corrected chi connectivity index (χ2v) is 9.21. The Hall–Kier alpha value is -3.31. The molecule has 2 N–H and O–H groups in total. The SMILES string of the molecule is CO[C@H]1CC[C@@]2(Cc3ccc(C#N)cc3[C@]23N=C(N)N(Cc2ccncn2)C3=O)C[C@@H]1C. The first-order chi connectivity index (χ1) is 15.4. The first kappa shape index (κ1) is 20.6. The van der Waals surface area contributed by atoms with Crippen molar-refractivity contribution >= 4 is 11.9 Å². The summed E-state index contributed by atoms with van der Waals surface area (Å²) in [5, 5.41) is 9.54. The second kappa shape index (κ2) is 7.38. The fourth-order valence-corrected chi connectivity index (χ4v) is 6.13. The zero-order valence-electron chi connectivity index (χ0n) is 18.3. The highest BCUT2D eigenvalue weighted by atomic mass is 16.5. The number of carbonyl (C=O) groups excluding carboxylic acids is 1. The van der Waals surface area contributed by atoms with E-state index < -0.39 is 11.0 Å². The Morgan fingerprint density at radius 2 is 2.22 bits per heavy atom. The Labute approximate surface area is 187 Å². The molecule has 2 aromatic rings. The number of amides is 1. The molecule has 1 fully saturated rings. The van der Waals surface area contributed by atoms with Crippen molar-refractivity contribution in [1.82, 2.24) is 14.9 Å². The average molecular weight is 431 g/mol. The van der Waals surface area contributed by atoms with Gasteiger partial charge in [-0.1, -0.05) is 13.0 Å². The van der Waals surface area contributed by atoms with Crippen LogP contribution in [-0.4, -0.2) is 39.9 Å². The van der Waals surface area contributed by atoms with Crippen LogP contribution in [0, 0.1) is 22.7 Å². The van der Waals surface area contributed by atoms with Crippen LogP contribution >= 0.6 is 0 Å². The predicted molar refractivity (Wildman–Crippen MR) is 117 cm³/mol. The zero-order chi connectivity index (χ0) is 22.5. The molecule has 4 atom stereocenters. The van der Waals surface area contributed by atoms with Crippen LogP contribution in [0.1, 0.15) is 48.6 Å². The highest BCUT2D eigenvalue weighted by molar-refractivity contribution is 6.08. The Morgan fingerprint density at radius 3 is 2.91 bits per heavy atom. The third kappa shape index (κ3) is 2.77. The van der Waals surface area contributed by atoms with Crippen LogP contribution in [0.15, 0.2) is 41.8 Å². The van der Waals surface area contributed by atoms with Gasteiger partial charge in [-0.25, -0.2) is 15.0 Å². The molecule has 2 spiro atoms. The van der Waals surface area contributed by atoms with Gasteiger partial charge < -0.3 is 10.5 Å². The van der Waals surface area contributed by atoms with Gasteiger partial charge >= 0.3 is 0 Å². The maximum absolute atomic E-state index is 14.2. The summed E-state index contributed by atoms with van der Waals surface area (Å²) in [6.07, 6.45) is 6.45. The quantitative estimate of drug-likeness (QED) is 0.798. The molecule has 1 aromatic heterocycles. The molecule has 0 bridgehead atoms. The lowest BCUT2D eigenvalue weighted by Crippen LogP contribution is -2.53. The number of nitriles is 1. The van der Waals surface area contributed by atoms with Gasteiger partial charge in [-0.2, -0.15) is 5.26 Å². The number of guanidine groups is 1. The number of rotatable bonds is 3. The van der Waals surface area contributed by atoms with Crippen molar-refractivity contribution in [3.05, 3.63) is 59.2 Å². The van der Waals surface area contributed by atoms with Gasteiger partial charge in [0.25, 0.3) is 5.91 Å². The summed E-state index contributed by atoms with van der Waals surface area (Å²) in [6.45, 7) is 2.41. The monoisotopic (exact) mass is 430 g/mol. The van der Waals surface area contributed by atoms with E-state index in [-0.39, 0.29) is 30.4 Å². The molecule has 164 valence electrons. The van der Waals surface area contributed by atoms with Crippen molar-refractivity contribution in [2.45, 2.75) is 50.8 Å². The number of hydrogen-bond acceptors (Lipinski definition) is 7. The number of ether oxygens (including phenoxy) is 1. The molecule has 1 aliphatic heterocycles. The molecule has 8 heteroatoms. The van der Waals surface area contributed by atoms with Gasteiger partial charge in [0, 0.05) is 18.7 Å². The van der Waals surface area contributed by atoms with E-state index in [1.165, 1.54) is 11.2 Å². The molecule has 2 heterocycles. The minimum atomic E-state index is -1.13. The first-order valence-corrected chi connectivity index (χ1v) is 10.9. The minimum Gasteiger partial charge on any atom is -0.381 e. The van der Waals surface area contributed by atoms with Crippen LogP contribution in [0.5, 0.6) is 0 Å². The number of benzene rings is 1. The van der Waals surface area contributed by atoms with Crippen LogP contribution in [0.25, 0.3) is 0 Å². The van der Waals surface area contributed by atoms with Crippen LogP contribution in [0.4, 0.5) is 0 Å². The van der Waals surface area contributed by atoms with Gasteiger partial charge in [0.15, 0.2) is 11.5 Å². The van der Waals surface area contributed by atoms with Crippen molar-refractivity contribution in [3.63, 3.8) is 0 Å². The Morgan fingerprint density at radius 1 is 1.38 bits per heavy atom. The predicted octanol–water partition coefficient (Wildman–Crippen LogP) is 2.28. The van der Waals surface area contributed by atoms with Gasteiger partial charge in [0.1, 0.15) is 6.33 Å². The fourth-order valence-electron chi connectivity index (χ4n) is 6.13. The molecule has 5 rings (SSSR count). The molecule has 32 heavy (non-hydrogen) atoms. The normalized spacial score (nSPS) is 31.1. The molecule has 0 saturated heterocycles. The van der Waals surface area contributed by atoms with Crippen LogP contribution in [0.2, 0.25) is 0 Å². The third-order valence-corrected chi connectivity index (χ3v) is 7.56. The van der Waals surface area contributed by atoms with Gasteiger partial charge in [-0.15, -0.1) is 0 Å². The number of fused-ring (bicyclic) bond motifs is 3. The molecular formula is C24H26N6O2. The number of aliphatic imine (C=N–C) groups is 1. The zero-order valence-corrected chi connectivity index (χ0v) is 18.3. The van der Waals surface area contributed by atoms with E-state index >= 15 is 0 Å². The summed E-state index contributed by atoms with van der Waals surface area (Å²) < 4.78 is 5.71. The molecule has 2 aliphatic carbocycles. The number of nitrogens with two attached hydrogens (primary N) is 1. The van der Waals surface area contributed by atoms with E-state index in [2.05, 4.69) is 23.0 Å². The van der Waals surface area contributed by atoms with E-state index in [1.807, 2.05) is 18.2 Å². The number of carbonyl (C=O) groups is 1. The lowest BCUT2D eigenvalue weighted by molar-refractivity contribution is -0.140. The maximum atomic E-state index is 14.2. The Bertz CT molecular complexity index is 1140. The molecule has 0 radical (unpaired) electrons. The van der Waals surface area contributed by atoms with Crippen molar-refractivity contribution in [1.29, 1.82) is 5.26 Å². The van der Waals surface area contributed by atoms with Crippen molar-refractivity contribution in [2.75, 3.05) is 7.11 Å². The Balaban J connectivity index is 1.63. The molecule has 1 amide bonds. The van der Waals surface area contributed by atoms with E-state index in [9.17, 15) is 10.1 Å². The molecule has 0 unspecified atom stereocenters. The van der Waals surface area contributed by atoms with E-state index in [1.54, 1.807) is 19.4 Å². The Kier molecular flexibility index (Phi) is 4.75. The molecular weight excluding hydrogens is 404 g/mol. The van der Waals surface area contributed by atoms with E-state index in [0.717, 1.165) is 36.8 Å². The van der Waals surface area contributed by atoms with Gasteiger partial charge in [-0.05, 0) is 60.9 Å². The van der Waals surface area contributed by atoms with Crippen molar-refractivity contribution in [2.24, 2.45) is 22.1 Å². The molecule has 1 saturated carbocycles. The second-order valence-electron chi connectivity index (χ2n) is 9.21. The topological polar surface area (TPSA) is 117 Å². The highest BCUT2D eigenvalue weighted by Crippen LogP contribution is 2.62. The van der Waals surface area contributed by atoms with E-state index in [0.29, 0.717) is 11.3 Å². The largest absolute Gasteiger partial charge is 0.381 e. The minimum absolute atomic E-state index is 0.134. The summed E-state index contributed by atoms with van der Waals surface area (Å²) in [7, 11) is 1.75. The average Bonchev–Trinajstić information content (AvgIpc) is 3.20. The smallest absolute Gasteiger partial charge is 0.262 e. The van der Waals surface area contributed by atoms with Gasteiger partial charge in [-0.3, -0.25) is 9.69 Å². The summed E-state index contributed by atoms with van der Waals surface area (Å²) >= 11 is 0. The lowest BCUT2D eigenvalue weighted by Gasteiger charge is -2.47. The fraction of sp³-hybridized carbons (Fsp3) is 0.458. The van der Waals surface area contributed by atoms with Gasteiger partial charge in [0.05, 0.1) is 30.0 Å². The van der Waals surface area contributed by atoms with Gasteiger partial charge in [0.2, 0.25) is 0 Å². The van der Waals surface area contributed by atoms with Crippen LogP contribution in [0.3, 0.4) is 0 Å². The van der Waals surface area contributed by atoms with Crippen LogP contribution < -0.4 is 5.73 Å². The number of hydrogen-bond donors (Lipinski definition) is 1. The highest BCUT2D eigenvalue weighted by Gasteiger charge is 2.67. The lowest BCUT2D eigenvalue weighted by atomic mass is 9.59. The third-order valence-electron chi connectivity index (χ3n) is 7.56. The molecule has 3 aliphatic rings. The summed E-state index contributed by atoms with van der Waals surface area (Å²) in [4.78, 5) is 28.9. The van der Waals surface area contributed by atoms with Crippen molar-refractivity contribution in [3.8, 4) is 6.07 Å². The number of aromatic nitrogens is 2. The summed E-state index contributed by atoms with van der Waals surface area (Å²) in [5.74, 6) is 0.339. The van der Waals surface area contributed by atoms with E-state index in [4.69, 9.17) is 15.5 Å². The number of methoxy groups -OCH3 is 1. The summed E-state index contributed by atoms with van der Waals surface area (Å²) in [5.41, 5.74) is 7.97. The maximum Gasteiger partial charge on any atom is 0.262 e. The first-order valence-electron chi connectivity index (χ1n) is 10.9. The van der Waals surface area contributed by atoms with Crippen molar-refractivity contribution < 1.29 is 9.53 Å². The molecule has 1 aromatic carbocycles. The molecule has 8 nitrogen and oxygen atoms in total. The number of nitrogens with zero attached hydrogens (tertiary/aromatic N) is 5. The standard InChI is InChI=1S/C24H26N6O2/c1-15-10-23(7-5-20(15)32-2)11-17-4-3-16(12-25)9-19(17)24(23)21(31)30(22(26)29-24)13-18-6-8-27-14-28-18/h3-4,6,8-9,14-15,20H,5,7,10-11,13H2,1-2H3,(H2,26,29)/t15-,20-,23-,24+/m0/s1. The summed E-state index contributed by atoms with van der Waals surface area (Å²) in [6, 6.07) is 9.61.